The number of aliphatic hydroxyl groups is 1. The van der Waals surface area contributed by atoms with Gasteiger partial charge in [-0.15, -0.1) is 12.3 Å². The van der Waals surface area contributed by atoms with Crippen molar-refractivity contribution < 1.29 is 23.8 Å². The van der Waals surface area contributed by atoms with Crippen molar-refractivity contribution in [3.8, 4) is 18.1 Å². The molecule has 2 bridgehead atoms. The lowest BCUT2D eigenvalue weighted by Gasteiger charge is -2.26. The summed E-state index contributed by atoms with van der Waals surface area (Å²) in [4.78, 5) is 29.0. The Balaban J connectivity index is 1.55. The summed E-state index contributed by atoms with van der Waals surface area (Å²) >= 11 is 0. The Morgan fingerprint density at radius 2 is 1.98 bits per heavy atom. The van der Waals surface area contributed by atoms with E-state index in [9.17, 15) is 19.1 Å². The third kappa shape index (κ3) is 8.33. The molecule has 0 radical (unpaired) electrons. The molecule has 1 aliphatic carbocycles. The highest BCUT2D eigenvalue weighted by Crippen LogP contribution is 2.50. The molecule has 1 fully saturated rings. The van der Waals surface area contributed by atoms with E-state index < -0.39 is 29.8 Å². The molecule has 3 N–H and O–H groups in total. The zero-order valence-corrected chi connectivity index (χ0v) is 24.8. The van der Waals surface area contributed by atoms with E-state index >= 15 is 0 Å². The molecule has 2 amide bonds. The first-order valence-electron chi connectivity index (χ1n) is 15.3. The summed E-state index contributed by atoms with van der Waals surface area (Å²) in [7, 11) is 0. The summed E-state index contributed by atoms with van der Waals surface area (Å²) in [5.74, 6) is 1.01. The molecule has 8 heteroatoms. The number of nitrogens with zero attached hydrogens (tertiary/aromatic N) is 1. The van der Waals surface area contributed by atoms with Gasteiger partial charge in [-0.3, -0.25) is 9.59 Å². The lowest BCUT2D eigenvalue weighted by atomic mass is 9.99. The number of carbonyl (C=O) groups is 2. The van der Waals surface area contributed by atoms with Crippen molar-refractivity contribution in [3.05, 3.63) is 65.0 Å². The van der Waals surface area contributed by atoms with Gasteiger partial charge < -0.3 is 25.4 Å². The number of aliphatic hydroxyl groups excluding tert-OH is 1. The molecule has 0 spiro atoms. The van der Waals surface area contributed by atoms with Crippen LogP contribution in [0.15, 0.2) is 42.5 Å². The van der Waals surface area contributed by atoms with E-state index in [0.29, 0.717) is 50.4 Å². The van der Waals surface area contributed by atoms with Crippen molar-refractivity contribution in [2.75, 3.05) is 26.2 Å². The van der Waals surface area contributed by atoms with Crippen molar-refractivity contribution in [3.63, 3.8) is 0 Å². The first-order chi connectivity index (χ1) is 20.3. The van der Waals surface area contributed by atoms with Gasteiger partial charge in [-0.1, -0.05) is 38.1 Å². The number of ether oxygens (including phenoxy) is 1. The Hall–Kier alpha value is -3.41. The Kier molecular flexibility index (Phi) is 11.4. The topological polar surface area (TPSA) is 90.9 Å². The van der Waals surface area contributed by atoms with E-state index in [0.717, 1.165) is 24.8 Å². The summed E-state index contributed by atoms with van der Waals surface area (Å²) in [6, 6.07) is 12.0. The Morgan fingerprint density at radius 3 is 2.74 bits per heavy atom. The fourth-order valence-electron chi connectivity index (χ4n) is 5.97. The molecular weight excluding hydrogens is 533 g/mol. The zero-order chi connectivity index (χ0) is 30.1. The van der Waals surface area contributed by atoms with Crippen molar-refractivity contribution in [1.29, 1.82) is 0 Å². The molecule has 0 saturated heterocycles. The average Bonchev–Trinajstić information content (AvgIpc) is 3.69. The predicted octanol–water partition coefficient (Wildman–Crippen LogP) is 3.86. The summed E-state index contributed by atoms with van der Waals surface area (Å²) in [6.45, 7) is 6.46. The number of amides is 2. The lowest BCUT2D eigenvalue weighted by molar-refractivity contribution is -0.135. The van der Waals surface area contributed by atoms with Crippen molar-refractivity contribution >= 4 is 11.8 Å². The fraction of sp³-hybridized carbons (Fsp3) is 0.529. The summed E-state index contributed by atoms with van der Waals surface area (Å²) in [6.07, 6.45) is 8.36. The van der Waals surface area contributed by atoms with Gasteiger partial charge in [-0.2, -0.15) is 0 Å². The maximum absolute atomic E-state index is 14.6. The molecule has 5 atom stereocenters. The molecule has 2 aromatic rings. The smallest absolute Gasteiger partial charge is 0.226 e. The van der Waals surface area contributed by atoms with Crippen LogP contribution in [0.4, 0.5) is 4.39 Å². The van der Waals surface area contributed by atoms with Crippen LogP contribution in [0.1, 0.15) is 56.2 Å². The lowest BCUT2D eigenvalue weighted by Crippen LogP contribution is -2.49. The highest BCUT2D eigenvalue weighted by atomic mass is 19.1. The standard InChI is InChI=1S/C34H44FN3O4/c1-4-10-28-31-32(28)34(41)38(13-5-2)14-7-8-15-42-27-18-25(17-26(35)20-27)19-29(37-33(31)40)30(39)22-36-21-24-12-9-11-23(6-3)16-24/h1,9,11-12,16-18,20,28-32,36,39H,5-8,10,13-15,19,21-22H2,2-3H3,(H,37,40). The van der Waals surface area contributed by atoms with Crippen molar-refractivity contribution in [1.82, 2.24) is 15.5 Å². The van der Waals surface area contributed by atoms with Gasteiger partial charge in [0.1, 0.15) is 11.6 Å². The molecule has 1 saturated carbocycles. The monoisotopic (exact) mass is 577 g/mol. The van der Waals surface area contributed by atoms with Crippen molar-refractivity contribution in [2.24, 2.45) is 17.8 Å². The van der Waals surface area contributed by atoms with Crippen LogP contribution in [-0.2, 0) is 29.0 Å². The largest absolute Gasteiger partial charge is 0.493 e. The van der Waals surface area contributed by atoms with Crippen LogP contribution in [-0.4, -0.2) is 60.2 Å². The number of hydrogen-bond donors (Lipinski definition) is 3. The van der Waals surface area contributed by atoms with Crippen LogP contribution in [0.5, 0.6) is 5.75 Å². The third-order valence-corrected chi connectivity index (χ3v) is 8.27. The number of aryl methyl sites for hydroxylation is 1. The third-order valence-electron chi connectivity index (χ3n) is 8.27. The van der Waals surface area contributed by atoms with Crippen LogP contribution < -0.4 is 15.4 Å². The fourth-order valence-corrected chi connectivity index (χ4v) is 5.97. The van der Waals surface area contributed by atoms with Crippen LogP contribution in [0.2, 0.25) is 0 Å². The van der Waals surface area contributed by atoms with E-state index in [2.05, 4.69) is 35.6 Å². The van der Waals surface area contributed by atoms with E-state index in [4.69, 9.17) is 11.2 Å². The first-order valence-corrected chi connectivity index (χ1v) is 15.3. The van der Waals surface area contributed by atoms with Gasteiger partial charge in [0.25, 0.3) is 0 Å². The Bertz CT molecular complexity index is 1260. The molecule has 226 valence electrons. The zero-order valence-electron chi connectivity index (χ0n) is 24.8. The van der Waals surface area contributed by atoms with E-state index in [1.54, 1.807) is 6.07 Å². The number of halogens is 1. The molecule has 0 aromatic heterocycles. The van der Waals surface area contributed by atoms with Gasteiger partial charge in [0, 0.05) is 38.7 Å². The van der Waals surface area contributed by atoms with Gasteiger partial charge in [0.2, 0.25) is 11.8 Å². The highest BCUT2D eigenvalue weighted by molar-refractivity contribution is 5.93. The highest BCUT2D eigenvalue weighted by Gasteiger charge is 2.59. The quantitative estimate of drug-likeness (QED) is 0.394. The SMILES string of the molecule is C#CCC1C2C(=O)NC(C(O)CNCc3cccc(CC)c3)Cc3cc(F)cc(c3)OCCCCN(CCC)C(=O)C12. The van der Waals surface area contributed by atoms with Gasteiger partial charge in [-0.25, -0.2) is 4.39 Å². The number of nitrogens with one attached hydrogen (secondary N) is 2. The molecule has 1 aliphatic heterocycles. The molecule has 42 heavy (non-hydrogen) atoms. The molecule has 7 nitrogen and oxygen atoms in total. The summed E-state index contributed by atoms with van der Waals surface area (Å²) < 4.78 is 20.4. The first kappa shape index (κ1) is 31.5. The van der Waals surface area contributed by atoms with Crippen LogP contribution in [0, 0.1) is 35.9 Å². The minimum Gasteiger partial charge on any atom is -0.493 e. The van der Waals surface area contributed by atoms with Crippen LogP contribution in [0.25, 0.3) is 0 Å². The number of benzene rings is 2. The Morgan fingerprint density at radius 1 is 1.17 bits per heavy atom. The predicted molar refractivity (Wildman–Crippen MR) is 161 cm³/mol. The number of terminal acetylenes is 1. The van der Waals surface area contributed by atoms with Gasteiger partial charge >= 0.3 is 0 Å². The van der Waals surface area contributed by atoms with Gasteiger partial charge in [0.05, 0.1) is 30.6 Å². The van der Waals surface area contributed by atoms with Crippen molar-refractivity contribution in [2.45, 2.75) is 71.1 Å². The molecule has 2 aromatic carbocycles. The van der Waals surface area contributed by atoms with E-state index in [1.165, 1.54) is 17.7 Å². The van der Waals surface area contributed by atoms with Crippen LogP contribution >= 0.6 is 0 Å². The number of fused-ring (bicyclic) bond motifs is 3. The normalized spacial score (nSPS) is 23.7. The minimum absolute atomic E-state index is 0.0365. The Labute approximate surface area is 249 Å². The molecule has 2 aliphatic rings. The molecule has 4 rings (SSSR count). The minimum atomic E-state index is -0.967. The second-order valence-corrected chi connectivity index (χ2v) is 11.5. The molecule has 1 heterocycles. The molecule has 5 unspecified atom stereocenters. The maximum atomic E-state index is 14.6. The number of carbonyl (C=O) groups excluding carboxylic acids is 2. The van der Waals surface area contributed by atoms with E-state index in [1.807, 2.05) is 24.0 Å². The second kappa shape index (κ2) is 15.2. The van der Waals surface area contributed by atoms with Crippen LogP contribution in [0.3, 0.4) is 0 Å². The number of hydrogen-bond acceptors (Lipinski definition) is 5. The summed E-state index contributed by atoms with van der Waals surface area (Å²) in [5, 5.41) is 17.6. The van der Waals surface area contributed by atoms with E-state index in [-0.39, 0.29) is 30.7 Å². The van der Waals surface area contributed by atoms with Gasteiger partial charge in [-0.05, 0) is 66.8 Å². The summed E-state index contributed by atoms with van der Waals surface area (Å²) in [5.41, 5.74) is 2.94. The maximum Gasteiger partial charge on any atom is 0.226 e. The van der Waals surface area contributed by atoms with Gasteiger partial charge in [0.15, 0.2) is 0 Å². The average molecular weight is 578 g/mol. The number of rotatable bonds is 9. The second-order valence-electron chi connectivity index (χ2n) is 11.5. The molecular formula is C34H44FN3O4.